The Kier molecular flexibility index (Phi) is 5.55. The summed E-state index contributed by atoms with van der Waals surface area (Å²) in [4.78, 5) is 14.4. The van der Waals surface area contributed by atoms with Gasteiger partial charge in [-0.3, -0.25) is 0 Å². The van der Waals surface area contributed by atoms with E-state index in [2.05, 4.69) is 41.0 Å². The molecule has 2 aliphatic rings. The van der Waals surface area contributed by atoms with Gasteiger partial charge in [-0.05, 0) is 63.1 Å². The number of hydrogen-bond acceptors (Lipinski definition) is 2. The first-order chi connectivity index (χ1) is 11.2. The highest BCUT2D eigenvalue weighted by molar-refractivity contribution is 5.74. The van der Waals surface area contributed by atoms with Crippen molar-refractivity contribution in [1.29, 1.82) is 0 Å². The molecule has 4 nitrogen and oxygen atoms in total. The van der Waals surface area contributed by atoms with E-state index in [1.54, 1.807) is 0 Å². The number of rotatable bonds is 3. The summed E-state index contributed by atoms with van der Waals surface area (Å²) in [7, 11) is 1.95. The van der Waals surface area contributed by atoms with Gasteiger partial charge in [-0.2, -0.15) is 0 Å². The number of carbonyl (C=O) groups excluding carboxylic acids is 1. The van der Waals surface area contributed by atoms with E-state index >= 15 is 0 Å². The van der Waals surface area contributed by atoms with E-state index in [4.69, 9.17) is 0 Å². The Morgan fingerprint density at radius 1 is 1.04 bits per heavy atom. The monoisotopic (exact) mass is 315 g/mol. The lowest BCUT2D eigenvalue weighted by Crippen LogP contribution is -2.50. The van der Waals surface area contributed by atoms with Crippen molar-refractivity contribution in [2.75, 3.05) is 20.1 Å². The third kappa shape index (κ3) is 4.25. The zero-order valence-corrected chi connectivity index (χ0v) is 14.1. The molecule has 1 saturated heterocycles. The van der Waals surface area contributed by atoms with Crippen LogP contribution in [-0.4, -0.2) is 43.2 Å². The van der Waals surface area contributed by atoms with E-state index in [-0.39, 0.29) is 6.03 Å². The van der Waals surface area contributed by atoms with Gasteiger partial charge < -0.3 is 15.5 Å². The highest BCUT2D eigenvalue weighted by Crippen LogP contribution is 2.32. The summed E-state index contributed by atoms with van der Waals surface area (Å²) in [5.74, 6) is 0.659. The number of urea groups is 1. The van der Waals surface area contributed by atoms with E-state index in [0.717, 1.165) is 38.8 Å². The number of amides is 2. The number of piperidine rings is 1. The number of nitrogens with zero attached hydrogens (tertiary/aromatic N) is 1. The van der Waals surface area contributed by atoms with Gasteiger partial charge in [0.15, 0.2) is 0 Å². The number of hydrogen-bond donors (Lipinski definition) is 2. The van der Waals surface area contributed by atoms with Crippen LogP contribution in [-0.2, 0) is 0 Å². The molecule has 4 heteroatoms. The molecule has 2 fully saturated rings. The first-order valence-corrected chi connectivity index (χ1v) is 9.03. The van der Waals surface area contributed by atoms with E-state index in [1.165, 1.54) is 18.4 Å². The molecule has 0 atom stereocenters. The van der Waals surface area contributed by atoms with Crippen molar-refractivity contribution < 1.29 is 4.79 Å². The van der Waals surface area contributed by atoms with Crippen molar-refractivity contribution in [2.45, 2.75) is 56.5 Å². The lowest BCUT2D eigenvalue weighted by molar-refractivity contribution is 0.169. The SMILES string of the molecule is CN(C(=O)NC1CCC(c2ccccc2)CC1)C1CCNCC1. The largest absolute Gasteiger partial charge is 0.335 e. The van der Waals surface area contributed by atoms with Crippen molar-refractivity contribution in [1.82, 2.24) is 15.5 Å². The minimum absolute atomic E-state index is 0.111. The summed E-state index contributed by atoms with van der Waals surface area (Å²) in [5.41, 5.74) is 1.45. The molecule has 2 amide bonds. The van der Waals surface area contributed by atoms with Crippen molar-refractivity contribution >= 4 is 6.03 Å². The average Bonchev–Trinajstić information content (AvgIpc) is 2.63. The van der Waals surface area contributed by atoms with E-state index in [9.17, 15) is 4.79 Å². The lowest BCUT2D eigenvalue weighted by atomic mass is 9.82. The molecular weight excluding hydrogens is 286 g/mol. The molecular formula is C19H29N3O. The molecule has 1 saturated carbocycles. The van der Waals surface area contributed by atoms with Gasteiger partial charge >= 0.3 is 6.03 Å². The fourth-order valence-electron chi connectivity index (χ4n) is 3.93. The topological polar surface area (TPSA) is 44.4 Å². The van der Waals surface area contributed by atoms with Crippen LogP contribution in [0.5, 0.6) is 0 Å². The van der Waals surface area contributed by atoms with E-state index in [0.29, 0.717) is 18.0 Å². The second kappa shape index (κ2) is 7.82. The van der Waals surface area contributed by atoms with Crippen LogP contribution < -0.4 is 10.6 Å². The molecule has 1 aromatic carbocycles. The summed E-state index contributed by atoms with van der Waals surface area (Å²) < 4.78 is 0. The standard InChI is InChI=1S/C19H29N3O/c1-22(18-11-13-20-14-12-18)19(23)21-17-9-7-16(8-10-17)15-5-3-2-4-6-15/h2-6,16-18,20H,7-14H2,1H3,(H,21,23). The molecule has 3 rings (SSSR count). The second-order valence-corrected chi connectivity index (χ2v) is 7.00. The maximum absolute atomic E-state index is 12.5. The molecule has 126 valence electrons. The number of nitrogens with one attached hydrogen (secondary N) is 2. The van der Waals surface area contributed by atoms with Crippen molar-refractivity contribution in [3.8, 4) is 0 Å². The zero-order valence-electron chi connectivity index (χ0n) is 14.1. The Bertz CT molecular complexity index is 491. The smallest absolute Gasteiger partial charge is 0.317 e. The first kappa shape index (κ1) is 16.3. The second-order valence-electron chi connectivity index (χ2n) is 7.00. The van der Waals surface area contributed by atoms with Crippen LogP contribution in [0.4, 0.5) is 4.79 Å². The molecule has 0 unspecified atom stereocenters. The zero-order chi connectivity index (χ0) is 16.1. The van der Waals surface area contributed by atoms with Crippen molar-refractivity contribution in [3.63, 3.8) is 0 Å². The minimum atomic E-state index is 0.111. The Hall–Kier alpha value is -1.55. The van der Waals surface area contributed by atoms with Crippen LogP contribution in [0.2, 0.25) is 0 Å². The van der Waals surface area contributed by atoms with Crippen LogP contribution in [0.3, 0.4) is 0 Å². The molecule has 2 N–H and O–H groups in total. The molecule has 0 spiro atoms. The molecule has 23 heavy (non-hydrogen) atoms. The van der Waals surface area contributed by atoms with Gasteiger partial charge in [0.25, 0.3) is 0 Å². The van der Waals surface area contributed by atoms with Crippen LogP contribution >= 0.6 is 0 Å². The van der Waals surface area contributed by atoms with Crippen molar-refractivity contribution in [2.24, 2.45) is 0 Å². The molecule has 1 heterocycles. The Morgan fingerprint density at radius 2 is 1.70 bits per heavy atom. The number of benzene rings is 1. The van der Waals surface area contributed by atoms with Crippen LogP contribution in [0.15, 0.2) is 30.3 Å². The predicted molar refractivity (Wildman–Crippen MR) is 93.6 cm³/mol. The molecule has 0 radical (unpaired) electrons. The van der Waals surface area contributed by atoms with Gasteiger partial charge in [-0.15, -0.1) is 0 Å². The Labute approximate surface area is 139 Å². The summed E-state index contributed by atoms with van der Waals surface area (Å²) >= 11 is 0. The van der Waals surface area contributed by atoms with Gasteiger partial charge in [0, 0.05) is 19.1 Å². The third-order valence-electron chi connectivity index (χ3n) is 5.50. The van der Waals surface area contributed by atoms with E-state index < -0.39 is 0 Å². The maximum Gasteiger partial charge on any atom is 0.317 e. The fourth-order valence-corrected chi connectivity index (χ4v) is 3.93. The lowest BCUT2D eigenvalue weighted by Gasteiger charge is -2.35. The number of carbonyl (C=O) groups is 1. The predicted octanol–water partition coefficient (Wildman–Crippen LogP) is 3.11. The molecule has 0 bridgehead atoms. The Balaban J connectivity index is 1.45. The van der Waals surface area contributed by atoms with Crippen LogP contribution in [0, 0.1) is 0 Å². The molecule has 1 aromatic rings. The van der Waals surface area contributed by atoms with Gasteiger partial charge in [0.1, 0.15) is 0 Å². The molecule has 0 aromatic heterocycles. The van der Waals surface area contributed by atoms with Gasteiger partial charge in [0.2, 0.25) is 0 Å². The summed E-state index contributed by atoms with van der Waals surface area (Å²) in [6.07, 6.45) is 6.64. The highest BCUT2D eigenvalue weighted by Gasteiger charge is 2.26. The Morgan fingerprint density at radius 3 is 2.35 bits per heavy atom. The van der Waals surface area contributed by atoms with Crippen LogP contribution in [0.25, 0.3) is 0 Å². The minimum Gasteiger partial charge on any atom is -0.335 e. The van der Waals surface area contributed by atoms with E-state index in [1.807, 2.05) is 11.9 Å². The summed E-state index contributed by atoms with van der Waals surface area (Å²) in [6, 6.07) is 11.6. The highest BCUT2D eigenvalue weighted by atomic mass is 16.2. The van der Waals surface area contributed by atoms with Gasteiger partial charge in [-0.25, -0.2) is 4.79 Å². The maximum atomic E-state index is 12.5. The summed E-state index contributed by atoms with van der Waals surface area (Å²) in [5, 5.41) is 6.61. The molecule has 1 aliphatic heterocycles. The normalized spacial score (nSPS) is 25.8. The molecule has 1 aliphatic carbocycles. The van der Waals surface area contributed by atoms with Gasteiger partial charge in [0.05, 0.1) is 0 Å². The third-order valence-corrected chi connectivity index (χ3v) is 5.50. The quantitative estimate of drug-likeness (QED) is 0.900. The first-order valence-electron chi connectivity index (χ1n) is 9.03. The average molecular weight is 315 g/mol. The van der Waals surface area contributed by atoms with Crippen LogP contribution in [0.1, 0.15) is 50.0 Å². The van der Waals surface area contributed by atoms with Gasteiger partial charge in [-0.1, -0.05) is 30.3 Å². The van der Waals surface area contributed by atoms with Crippen molar-refractivity contribution in [3.05, 3.63) is 35.9 Å². The summed E-state index contributed by atoms with van der Waals surface area (Å²) in [6.45, 7) is 2.04. The fraction of sp³-hybridized carbons (Fsp3) is 0.632.